The molecule has 20 heavy (non-hydrogen) atoms. The van der Waals surface area contributed by atoms with E-state index in [4.69, 9.17) is 15.1 Å². The highest BCUT2D eigenvalue weighted by Gasteiger charge is 2.41. The fourth-order valence-corrected chi connectivity index (χ4v) is 2.55. The summed E-state index contributed by atoms with van der Waals surface area (Å²) in [4.78, 5) is 12.2. The molecule has 1 aromatic rings. The molecule has 106 valence electrons. The van der Waals surface area contributed by atoms with E-state index in [1.54, 1.807) is 11.8 Å². The minimum absolute atomic E-state index is 0.137. The topological polar surface area (TPSA) is 73.6 Å². The molecule has 1 aliphatic heterocycles. The zero-order valence-electron chi connectivity index (χ0n) is 10.7. The lowest BCUT2D eigenvalue weighted by molar-refractivity contribution is -0.150. The first-order chi connectivity index (χ1) is 9.36. The number of nitrogens with zero attached hydrogens (tertiary/aromatic N) is 2. The number of hydrogen-bond donors (Lipinski definition) is 1. The SMILES string of the molecule is CC1(OCC(=O)O)CN(c2ccc(C#N)c(Br)c2F)C1. The number of nitriles is 1. The molecule has 1 saturated heterocycles. The molecule has 0 spiro atoms. The molecule has 5 nitrogen and oxygen atoms in total. The van der Waals surface area contributed by atoms with Gasteiger partial charge in [0, 0.05) is 13.1 Å². The minimum atomic E-state index is -1.03. The quantitative estimate of drug-likeness (QED) is 0.907. The van der Waals surface area contributed by atoms with Crippen LogP contribution in [-0.2, 0) is 9.53 Å². The highest BCUT2D eigenvalue weighted by molar-refractivity contribution is 9.10. The number of halogens is 2. The fourth-order valence-electron chi connectivity index (χ4n) is 2.13. The van der Waals surface area contributed by atoms with Crippen LogP contribution in [0.3, 0.4) is 0 Å². The molecule has 1 N–H and O–H groups in total. The van der Waals surface area contributed by atoms with E-state index in [9.17, 15) is 9.18 Å². The summed E-state index contributed by atoms with van der Waals surface area (Å²) in [5.74, 6) is -1.53. The van der Waals surface area contributed by atoms with Crippen LogP contribution in [0.25, 0.3) is 0 Å². The Kier molecular flexibility index (Phi) is 3.97. The summed E-state index contributed by atoms with van der Waals surface area (Å²) in [6, 6.07) is 4.97. The standard InChI is InChI=1S/C13H12BrFN2O3/c1-13(20-5-10(18)19)6-17(7-13)9-3-2-8(4-16)11(14)12(9)15/h2-3H,5-7H2,1H3,(H,18,19). The molecular weight excluding hydrogens is 331 g/mol. The van der Waals surface area contributed by atoms with Crippen molar-refractivity contribution in [3.05, 3.63) is 28.0 Å². The van der Waals surface area contributed by atoms with Gasteiger partial charge in [0.2, 0.25) is 0 Å². The van der Waals surface area contributed by atoms with E-state index < -0.39 is 17.4 Å². The molecule has 1 heterocycles. The average molecular weight is 343 g/mol. The van der Waals surface area contributed by atoms with Crippen molar-refractivity contribution < 1.29 is 19.0 Å². The lowest BCUT2D eigenvalue weighted by Crippen LogP contribution is -2.62. The zero-order chi connectivity index (χ0) is 14.9. The van der Waals surface area contributed by atoms with E-state index in [2.05, 4.69) is 15.9 Å². The van der Waals surface area contributed by atoms with Gasteiger partial charge in [-0.05, 0) is 35.0 Å². The van der Waals surface area contributed by atoms with Gasteiger partial charge in [0.1, 0.15) is 18.3 Å². The van der Waals surface area contributed by atoms with E-state index in [1.807, 2.05) is 6.07 Å². The van der Waals surface area contributed by atoms with Crippen molar-refractivity contribution >= 4 is 27.6 Å². The van der Waals surface area contributed by atoms with E-state index in [0.29, 0.717) is 18.8 Å². The average Bonchev–Trinajstić information content (AvgIpc) is 2.36. The van der Waals surface area contributed by atoms with E-state index >= 15 is 0 Å². The lowest BCUT2D eigenvalue weighted by atomic mass is 9.95. The van der Waals surface area contributed by atoms with E-state index in [0.717, 1.165) is 0 Å². The molecule has 0 radical (unpaired) electrons. The van der Waals surface area contributed by atoms with Crippen LogP contribution in [0.1, 0.15) is 12.5 Å². The van der Waals surface area contributed by atoms with Gasteiger partial charge >= 0.3 is 5.97 Å². The number of carbonyl (C=O) groups is 1. The number of carboxylic acids is 1. The Balaban J connectivity index is 2.08. The van der Waals surface area contributed by atoms with Gasteiger partial charge in [-0.15, -0.1) is 0 Å². The van der Waals surface area contributed by atoms with Gasteiger partial charge in [-0.3, -0.25) is 0 Å². The molecule has 0 unspecified atom stereocenters. The largest absolute Gasteiger partial charge is 0.480 e. The second kappa shape index (κ2) is 5.38. The molecule has 7 heteroatoms. The number of hydrogen-bond acceptors (Lipinski definition) is 4. The van der Waals surface area contributed by atoms with Crippen molar-refractivity contribution in [2.24, 2.45) is 0 Å². The molecule has 2 rings (SSSR count). The Labute approximate surface area is 123 Å². The summed E-state index contributed by atoms with van der Waals surface area (Å²) < 4.78 is 19.5. The summed E-state index contributed by atoms with van der Waals surface area (Å²) >= 11 is 3.06. The van der Waals surface area contributed by atoms with Crippen molar-refractivity contribution in [1.82, 2.24) is 0 Å². The van der Waals surface area contributed by atoms with Crippen LogP contribution in [-0.4, -0.2) is 36.4 Å². The Bertz CT molecular complexity index is 594. The second-order valence-electron chi connectivity index (χ2n) is 4.86. The summed E-state index contributed by atoms with van der Waals surface area (Å²) in [6.45, 7) is 2.21. The molecule has 0 atom stereocenters. The van der Waals surface area contributed by atoms with Crippen LogP contribution in [0, 0.1) is 17.1 Å². The van der Waals surface area contributed by atoms with Gasteiger partial charge in [0.25, 0.3) is 0 Å². The van der Waals surface area contributed by atoms with E-state index in [-0.39, 0.29) is 16.6 Å². The van der Waals surface area contributed by atoms with Crippen molar-refractivity contribution in [2.75, 3.05) is 24.6 Å². The van der Waals surface area contributed by atoms with Gasteiger partial charge in [-0.1, -0.05) is 0 Å². The van der Waals surface area contributed by atoms with Crippen molar-refractivity contribution in [3.8, 4) is 6.07 Å². The Morgan fingerprint density at radius 1 is 1.65 bits per heavy atom. The minimum Gasteiger partial charge on any atom is -0.480 e. The third kappa shape index (κ3) is 2.76. The summed E-state index contributed by atoms with van der Waals surface area (Å²) in [5.41, 5.74) is 0.00881. The van der Waals surface area contributed by atoms with Crippen LogP contribution in [0.4, 0.5) is 10.1 Å². The monoisotopic (exact) mass is 342 g/mol. The smallest absolute Gasteiger partial charge is 0.329 e. The molecule has 0 aliphatic carbocycles. The highest BCUT2D eigenvalue weighted by atomic mass is 79.9. The summed E-state index contributed by atoms with van der Waals surface area (Å²) in [7, 11) is 0. The number of ether oxygens (including phenoxy) is 1. The third-order valence-electron chi connectivity index (χ3n) is 3.12. The lowest BCUT2D eigenvalue weighted by Gasteiger charge is -2.48. The van der Waals surface area contributed by atoms with Gasteiger partial charge < -0.3 is 14.7 Å². The Hall–Kier alpha value is -1.65. The number of carboxylic acid groups (broad SMARTS) is 1. The maximum Gasteiger partial charge on any atom is 0.329 e. The van der Waals surface area contributed by atoms with Crippen LogP contribution in [0.15, 0.2) is 16.6 Å². The second-order valence-corrected chi connectivity index (χ2v) is 5.65. The molecule has 1 fully saturated rings. The summed E-state index contributed by atoms with van der Waals surface area (Å²) in [5, 5.41) is 17.4. The first-order valence-electron chi connectivity index (χ1n) is 5.85. The highest BCUT2D eigenvalue weighted by Crippen LogP contribution is 2.35. The van der Waals surface area contributed by atoms with Crippen LogP contribution < -0.4 is 4.90 Å². The number of rotatable bonds is 4. The van der Waals surface area contributed by atoms with Crippen molar-refractivity contribution in [1.29, 1.82) is 5.26 Å². The maximum atomic E-state index is 14.1. The maximum absolute atomic E-state index is 14.1. The predicted octanol–water partition coefficient (Wildman–Crippen LogP) is 2.14. The van der Waals surface area contributed by atoms with Gasteiger partial charge in [-0.25, -0.2) is 9.18 Å². The zero-order valence-corrected chi connectivity index (χ0v) is 12.3. The van der Waals surface area contributed by atoms with Gasteiger partial charge in [0.15, 0.2) is 5.82 Å². The molecular formula is C13H12BrFN2O3. The Morgan fingerprint density at radius 2 is 2.30 bits per heavy atom. The van der Waals surface area contributed by atoms with Crippen molar-refractivity contribution in [2.45, 2.75) is 12.5 Å². The predicted molar refractivity (Wildman–Crippen MR) is 73.0 cm³/mol. The normalized spacial score (nSPS) is 16.4. The van der Waals surface area contributed by atoms with Gasteiger partial charge in [0.05, 0.1) is 15.7 Å². The molecule has 1 aliphatic rings. The molecule has 0 amide bonds. The fraction of sp³-hybridized carbons (Fsp3) is 0.385. The van der Waals surface area contributed by atoms with Crippen LogP contribution in [0.2, 0.25) is 0 Å². The molecule has 1 aromatic carbocycles. The number of benzene rings is 1. The third-order valence-corrected chi connectivity index (χ3v) is 3.89. The van der Waals surface area contributed by atoms with Crippen LogP contribution in [0.5, 0.6) is 0 Å². The Morgan fingerprint density at radius 3 is 2.85 bits per heavy atom. The first-order valence-corrected chi connectivity index (χ1v) is 6.64. The number of aliphatic carboxylic acids is 1. The van der Waals surface area contributed by atoms with Crippen LogP contribution >= 0.6 is 15.9 Å². The molecule has 0 saturated carbocycles. The van der Waals surface area contributed by atoms with Crippen molar-refractivity contribution in [3.63, 3.8) is 0 Å². The molecule has 0 bridgehead atoms. The summed E-state index contributed by atoms with van der Waals surface area (Å²) in [6.07, 6.45) is 0. The van der Waals surface area contributed by atoms with E-state index in [1.165, 1.54) is 12.1 Å². The number of anilines is 1. The van der Waals surface area contributed by atoms with Gasteiger partial charge in [-0.2, -0.15) is 5.26 Å². The molecule has 0 aromatic heterocycles. The first kappa shape index (κ1) is 14.8.